The fourth-order valence-electron chi connectivity index (χ4n) is 1.91. The summed E-state index contributed by atoms with van der Waals surface area (Å²) in [5, 5.41) is 3.67. The number of H-pyrrole nitrogens is 1. The van der Waals surface area contributed by atoms with E-state index in [4.69, 9.17) is 23.2 Å². The second-order valence-electron chi connectivity index (χ2n) is 4.21. The second-order valence-corrected chi connectivity index (χ2v) is 4.96. The Balaban J connectivity index is 2.09. The fraction of sp³-hybridized carbons (Fsp3) is 0.417. The molecule has 1 aliphatic carbocycles. The van der Waals surface area contributed by atoms with Gasteiger partial charge in [-0.05, 0) is 26.2 Å². The van der Waals surface area contributed by atoms with E-state index in [-0.39, 0.29) is 11.9 Å². The highest BCUT2D eigenvalue weighted by molar-refractivity contribution is 6.44. The minimum absolute atomic E-state index is 0.186. The summed E-state index contributed by atoms with van der Waals surface area (Å²) in [5.41, 5.74) is 1.06. The van der Waals surface area contributed by atoms with Gasteiger partial charge in [-0.25, -0.2) is 0 Å². The van der Waals surface area contributed by atoms with Crippen LogP contribution in [0.2, 0.25) is 10.0 Å². The van der Waals surface area contributed by atoms with E-state index in [9.17, 15) is 4.79 Å². The zero-order chi connectivity index (χ0) is 12.4. The smallest absolute Gasteiger partial charge is 0.269 e. The van der Waals surface area contributed by atoms with Crippen LogP contribution in [0.5, 0.6) is 0 Å². The van der Waals surface area contributed by atoms with E-state index >= 15 is 0 Å². The molecule has 3 nitrogen and oxygen atoms in total. The molecule has 1 aromatic rings. The Morgan fingerprint density at radius 2 is 2.18 bits per heavy atom. The Labute approximate surface area is 110 Å². The van der Waals surface area contributed by atoms with Gasteiger partial charge in [0.25, 0.3) is 5.91 Å². The van der Waals surface area contributed by atoms with Crippen LogP contribution in [-0.4, -0.2) is 16.9 Å². The molecule has 1 heterocycles. The molecule has 2 rings (SSSR count). The summed E-state index contributed by atoms with van der Waals surface area (Å²) in [7, 11) is 0. The number of carbonyl (C=O) groups excluding carboxylic acids is 1. The molecule has 5 heteroatoms. The highest BCUT2D eigenvalue weighted by Crippen LogP contribution is 2.29. The number of aryl methyl sites for hydroxylation is 1. The Morgan fingerprint density at radius 3 is 2.71 bits per heavy atom. The Hall–Kier alpha value is -0.930. The number of hydrogen-bond acceptors (Lipinski definition) is 1. The van der Waals surface area contributed by atoms with Crippen molar-refractivity contribution < 1.29 is 4.79 Å². The van der Waals surface area contributed by atoms with Gasteiger partial charge in [0.15, 0.2) is 0 Å². The minimum Gasteiger partial charge on any atom is -0.352 e. The maximum atomic E-state index is 12.0. The van der Waals surface area contributed by atoms with Crippen LogP contribution >= 0.6 is 23.2 Å². The number of hydrogen-bond donors (Lipinski definition) is 2. The van der Waals surface area contributed by atoms with Crippen molar-refractivity contribution in [1.82, 2.24) is 10.3 Å². The summed E-state index contributed by atoms with van der Waals surface area (Å²) >= 11 is 11.9. The van der Waals surface area contributed by atoms with Gasteiger partial charge in [-0.2, -0.15) is 0 Å². The summed E-state index contributed by atoms with van der Waals surface area (Å²) in [5.74, 6) is -0.190. The van der Waals surface area contributed by atoms with E-state index in [1.165, 1.54) is 0 Å². The summed E-state index contributed by atoms with van der Waals surface area (Å²) in [6.45, 7) is 1.79. The maximum Gasteiger partial charge on any atom is 0.269 e. The number of allylic oxidation sites excluding steroid dienone is 1. The average molecular weight is 273 g/mol. The van der Waals surface area contributed by atoms with Crippen molar-refractivity contribution >= 4 is 29.1 Å². The first kappa shape index (κ1) is 12.5. The Kier molecular flexibility index (Phi) is 3.79. The summed E-state index contributed by atoms with van der Waals surface area (Å²) in [6, 6.07) is 0.186. The Morgan fingerprint density at radius 1 is 1.41 bits per heavy atom. The van der Waals surface area contributed by atoms with Crippen LogP contribution in [0.3, 0.4) is 0 Å². The average Bonchev–Trinajstić information content (AvgIpc) is 2.58. The molecule has 1 atom stereocenters. The molecule has 0 saturated carbocycles. The molecule has 0 aromatic carbocycles. The number of carbonyl (C=O) groups is 1. The van der Waals surface area contributed by atoms with Crippen LogP contribution in [0.25, 0.3) is 0 Å². The van der Waals surface area contributed by atoms with Gasteiger partial charge in [-0.1, -0.05) is 35.4 Å². The molecule has 0 fully saturated rings. The third-order valence-corrected chi connectivity index (χ3v) is 3.83. The number of aromatic nitrogens is 1. The number of aromatic amines is 1. The largest absolute Gasteiger partial charge is 0.352 e. The van der Waals surface area contributed by atoms with Crippen molar-refractivity contribution in [2.45, 2.75) is 32.2 Å². The lowest BCUT2D eigenvalue weighted by Crippen LogP contribution is -2.35. The molecule has 92 valence electrons. The molecule has 0 saturated heterocycles. The van der Waals surface area contributed by atoms with Crippen LogP contribution in [0.1, 0.15) is 35.4 Å². The quantitative estimate of drug-likeness (QED) is 0.796. The van der Waals surface area contributed by atoms with E-state index in [1.807, 2.05) is 0 Å². The summed E-state index contributed by atoms with van der Waals surface area (Å²) in [6.07, 6.45) is 7.06. The first-order valence-corrected chi connectivity index (χ1v) is 6.34. The third kappa shape index (κ3) is 2.67. The highest BCUT2D eigenvalue weighted by atomic mass is 35.5. The van der Waals surface area contributed by atoms with E-state index in [0.717, 1.165) is 19.3 Å². The number of amides is 1. The molecule has 0 bridgehead atoms. The predicted molar refractivity (Wildman–Crippen MR) is 69.8 cm³/mol. The number of nitrogens with one attached hydrogen (secondary N) is 2. The van der Waals surface area contributed by atoms with Crippen molar-refractivity contribution in [1.29, 1.82) is 0 Å². The fourth-order valence-corrected chi connectivity index (χ4v) is 2.33. The van der Waals surface area contributed by atoms with Gasteiger partial charge in [-0.15, -0.1) is 0 Å². The molecule has 1 aliphatic rings. The minimum atomic E-state index is -0.190. The third-order valence-electron chi connectivity index (χ3n) is 2.89. The second kappa shape index (κ2) is 5.15. The molecule has 0 radical (unpaired) electrons. The molecular weight excluding hydrogens is 259 g/mol. The summed E-state index contributed by atoms with van der Waals surface area (Å²) in [4.78, 5) is 14.9. The Bertz CT molecular complexity index is 465. The number of halogens is 2. The lowest BCUT2D eigenvalue weighted by molar-refractivity contribution is 0.0930. The predicted octanol–water partition coefficient (Wildman–Crippen LogP) is 3.47. The number of rotatable bonds is 2. The first-order chi connectivity index (χ1) is 8.09. The van der Waals surface area contributed by atoms with Crippen molar-refractivity contribution in [3.63, 3.8) is 0 Å². The first-order valence-electron chi connectivity index (χ1n) is 5.59. The van der Waals surface area contributed by atoms with Gasteiger partial charge in [0.1, 0.15) is 5.69 Å². The SMILES string of the molecule is Cc1[nH]c(C(=O)NC2CC=CCC2)c(Cl)c1Cl. The van der Waals surface area contributed by atoms with Crippen LogP contribution in [0.15, 0.2) is 12.2 Å². The van der Waals surface area contributed by atoms with Crippen molar-refractivity contribution in [3.8, 4) is 0 Å². The van der Waals surface area contributed by atoms with Gasteiger partial charge in [-0.3, -0.25) is 4.79 Å². The standard InChI is InChI=1S/C12H14Cl2N2O/c1-7-9(13)10(14)11(15-7)12(17)16-8-5-3-2-4-6-8/h2-3,8,15H,4-6H2,1H3,(H,16,17). The normalized spacial score (nSPS) is 19.4. The lowest BCUT2D eigenvalue weighted by atomic mass is 10.0. The van der Waals surface area contributed by atoms with Gasteiger partial charge in [0, 0.05) is 11.7 Å². The van der Waals surface area contributed by atoms with Gasteiger partial charge in [0.2, 0.25) is 0 Å². The monoisotopic (exact) mass is 272 g/mol. The van der Waals surface area contributed by atoms with Crippen molar-refractivity contribution in [3.05, 3.63) is 33.6 Å². The molecular formula is C12H14Cl2N2O. The molecule has 2 N–H and O–H groups in total. The zero-order valence-electron chi connectivity index (χ0n) is 9.52. The molecule has 1 aromatic heterocycles. The molecule has 0 aliphatic heterocycles. The summed E-state index contributed by atoms with van der Waals surface area (Å²) < 4.78 is 0. The highest BCUT2D eigenvalue weighted by Gasteiger charge is 2.20. The van der Waals surface area contributed by atoms with Crippen LogP contribution < -0.4 is 5.32 Å². The van der Waals surface area contributed by atoms with Gasteiger partial charge in [0.05, 0.1) is 10.0 Å². The van der Waals surface area contributed by atoms with Crippen molar-refractivity contribution in [2.75, 3.05) is 0 Å². The molecule has 0 spiro atoms. The lowest BCUT2D eigenvalue weighted by Gasteiger charge is -2.18. The van der Waals surface area contributed by atoms with Gasteiger partial charge >= 0.3 is 0 Å². The molecule has 1 unspecified atom stereocenters. The maximum absolute atomic E-state index is 12.0. The van der Waals surface area contributed by atoms with Gasteiger partial charge < -0.3 is 10.3 Å². The van der Waals surface area contributed by atoms with Crippen LogP contribution in [0, 0.1) is 6.92 Å². The van der Waals surface area contributed by atoms with Crippen LogP contribution in [0.4, 0.5) is 0 Å². The molecule has 1 amide bonds. The van der Waals surface area contributed by atoms with Crippen molar-refractivity contribution in [2.24, 2.45) is 0 Å². The zero-order valence-corrected chi connectivity index (χ0v) is 11.0. The van der Waals surface area contributed by atoms with E-state index in [0.29, 0.717) is 21.4 Å². The van der Waals surface area contributed by atoms with E-state index in [1.54, 1.807) is 6.92 Å². The van der Waals surface area contributed by atoms with E-state index < -0.39 is 0 Å². The van der Waals surface area contributed by atoms with Crippen LogP contribution in [-0.2, 0) is 0 Å². The topological polar surface area (TPSA) is 44.9 Å². The molecule has 17 heavy (non-hydrogen) atoms. The van der Waals surface area contributed by atoms with E-state index in [2.05, 4.69) is 22.5 Å².